The second-order valence-corrected chi connectivity index (χ2v) is 6.80. The second-order valence-electron chi connectivity index (χ2n) is 6.80. The number of carbonyl (C=O) groups is 1. The van der Waals surface area contributed by atoms with E-state index in [4.69, 9.17) is 0 Å². The number of aromatic nitrogens is 4. The van der Waals surface area contributed by atoms with Gasteiger partial charge < -0.3 is 5.32 Å². The third-order valence-corrected chi connectivity index (χ3v) is 4.71. The first-order valence-electron chi connectivity index (χ1n) is 8.98. The molecule has 0 saturated heterocycles. The molecular formula is C21H18FN5O2. The molecule has 4 aromatic rings. The first-order valence-corrected chi connectivity index (χ1v) is 8.98. The first-order chi connectivity index (χ1) is 13.9. The Hall–Kier alpha value is -3.81. The zero-order valence-corrected chi connectivity index (χ0v) is 15.9. The Labute approximate surface area is 165 Å². The molecule has 0 fully saturated rings. The Morgan fingerprint density at radius 3 is 2.72 bits per heavy atom. The number of benzene rings is 2. The summed E-state index contributed by atoms with van der Waals surface area (Å²) in [6, 6.07) is 11.4. The van der Waals surface area contributed by atoms with Gasteiger partial charge in [0.15, 0.2) is 5.65 Å². The maximum absolute atomic E-state index is 13.2. The molecule has 0 unspecified atom stereocenters. The van der Waals surface area contributed by atoms with Crippen LogP contribution in [-0.2, 0) is 11.3 Å². The summed E-state index contributed by atoms with van der Waals surface area (Å²) in [4.78, 5) is 29.3. The van der Waals surface area contributed by atoms with E-state index in [0.717, 1.165) is 16.8 Å². The van der Waals surface area contributed by atoms with Crippen LogP contribution in [0.5, 0.6) is 0 Å². The number of rotatable bonds is 4. The van der Waals surface area contributed by atoms with Crippen LogP contribution in [0, 0.1) is 19.7 Å². The molecule has 0 aliphatic rings. The summed E-state index contributed by atoms with van der Waals surface area (Å²) in [7, 11) is 0. The molecule has 2 heterocycles. The molecule has 0 radical (unpaired) electrons. The molecule has 1 amide bonds. The molecule has 4 rings (SSSR count). The molecule has 8 heteroatoms. The van der Waals surface area contributed by atoms with E-state index in [1.165, 1.54) is 35.3 Å². The van der Waals surface area contributed by atoms with Crippen LogP contribution in [-0.4, -0.2) is 25.2 Å². The lowest BCUT2D eigenvalue weighted by molar-refractivity contribution is -0.116. The molecule has 7 nitrogen and oxygen atoms in total. The van der Waals surface area contributed by atoms with Crippen molar-refractivity contribution in [2.45, 2.75) is 20.4 Å². The molecule has 0 aliphatic carbocycles. The summed E-state index contributed by atoms with van der Waals surface area (Å²) in [5.41, 5.74) is 3.43. The lowest BCUT2D eigenvalue weighted by atomic mass is 10.1. The molecule has 146 valence electrons. The topological polar surface area (TPSA) is 81.8 Å². The summed E-state index contributed by atoms with van der Waals surface area (Å²) in [6.07, 6.45) is 2.76. The van der Waals surface area contributed by atoms with E-state index in [-0.39, 0.29) is 12.1 Å². The van der Waals surface area contributed by atoms with Gasteiger partial charge in [0.05, 0.1) is 11.9 Å². The quantitative estimate of drug-likeness (QED) is 0.580. The van der Waals surface area contributed by atoms with Crippen molar-refractivity contribution in [2.24, 2.45) is 0 Å². The van der Waals surface area contributed by atoms with Crippen molar-refractivity contribution in [3.63, 3.8) is 0 Å². The number of hydrogen-bond acceptors (Lipinski definition) is 4. The van der Waals surface area contributed by atoms with Gasteiger partial charge in [0.1, 0.15) is 24.1 Å². The SMILES string of the molecule is Cc1ccc(-n2ncc3c(=O)n(CC(=O)Nc4cccc(F)c4)cnc32)cc1C. The smallest absolute Gasteiger partial charge is 0.264 e. The predicted octanol–water partition coefficient (Wildman–Crippen LogP) is 2.98. The zero-order chi connectivity index (χ0) is 20.5. The van der Waals surface area contributed by atoms with Gasteiger partial charge in [-0.05, 0) is 55.3 Å². The monoisotopic (exact) mass is 391 g/mol. The van der Waals surface area contributed by atoms with Crippen LogP contribution >= 0.6 is 0 Å². The molecule has 0 aliphatic heterocycles. The summed E-state index contributed by atoms with van der Waals surface area (Å²) in [5, 5.41) is 7.16. The van der Waals surface area contributed by atoms with E-state index in [1.54, 1.807) is 10.7 Å². The third-order valence-electron chi connectivity index (χ3n) is 4.71. The number of nitrogens with one attached hydrogen (secondary N) is 1. The highest BCUT2D eigenvalue weighted by Gasteiger charge is 2.14. The van der Waals surface area contributed by atoms with E-state index in [0.29, 0.717) is 16.7 Å². The van der Waals surface area contributed by atoms with E-state index in [1.807, 2.05) is 32.0 Å². The third kappa shape index (κ3) is 3.64. The van der Waals surface area contributed by atoms with Crippen molar-refractivity contribution < 1.29 is 9.18 Å². The van der Waals surface area contributed by atoms with Gasteiger partial charge in [-0.2, -0.15) is 5.10 Å². The highest BCUT2D eigenvalue weighted by molar-refractivity contribution is 5.90. The van der Waals surface area contributed by atoms with Gasteiger partial charge in [-0.15, -0.1) is 0 Å². The zero-order valence-electron chi connectivity index (χ0n) is 15.9. The number of amides is 1. The molecule has 2 aromatic carbocycles. The Bertz CT molecular complexity index is 1290. The molecule has 0 atom stereocenters. The summed E-state index contributed by atoms with van der Waals surface area (Å²) >= 11 is 0. The fourth-order valence-corrected chi connectivity index (χ4v) is 3.03. The minimum Gasteiger partial charge on any atom is -0.324 e. The lowest BCUT2D eigenvalue weighted by Crippen LogP contribution is -2.27. The number of halogens is 1. The highest BCUT2D eigenvalue weighted by Crippen LogP contribution is 2.17. The predicted molar refractivity (Wildman–Crippen MR) is 108 cm³/mol. The molecule has 29 heavy (non-hydrogen) atoms. The van der Waals surface area contributed by atoms with Crippen molar-refractivity contribution in [1.29, 1.82) is 0 Å². The molecular weight excluding hydrogens is 373 g/mol. The fraction of sp³-hybridized carbons (Fsp3) is 0.143. The highest BCUT2D eigenvalue weighted by atomic mass is 19.1. The maximum Gasteiger partial charge on any atom is 0.264 e. The summed E-state index contributed by atoms with van der Waals surface area (Å²) in [5.74, 6) is -0.915. The van der Waals surface area contributed by atoms with Crippen LogP contribution in [0.4, 0.5) is 10.1 Å². The lowest BCUT2D eigenvalue weighted by Gasteiger charge is -2.08. The van der Waals surface area contributed by atoms with Crippen molar-refractivity contribution in [1.82, 2.24) is 19.3 Å². The number of hydrogen-bond donors (Lipinski definition) is 1. The number of aryl methyl sites for hydroxylation is 2. The Morgan fingerprint density at radius 2 is 1.97 bits per heavy atom. The Kier molecular flexibility index (Phi) is 4.67. The Morgan fingerprint density at radius 1 is 1.14 bits per heavy atom. The fourth-order valence-electron chi connectivity index (χ4n) is 3.03. The summed E-state index contributed by atoms with van der Waals surface area (Å²) in [6.45, 7) is 3.78. The van der Waals surface area contributed by atoms with Gasteiger partial charge in [0.2, 0.25) is 5.91 Å². The summed E-state index contributed by atoms with van der Waals surface area (Å²) < 4.78 is 16.0. The van der Waals surface area contributed by atoms with Gasteiger partial charge >= 0.3 is 0 Å². The number of nitrogens with zero attached hydrogens (tertiary/aromatic N) is 4. The normalized spacial score (nSPS) is 11.0. The van der Waals surface area contributed by atoms with E-state index >= 15 is 0 Å². The van der Waals surface area contributed by atoms with Crippen LogP contribution in [0.3, 0.4) is 0 Å². The Balaban J connectivity index is 1.62. The number of fused-ring (bicyclic) bond motifs is 1. The van der Waals surface area contributed by atoms with E-state index in [2.05, 4.69) is 15.4 Å². The minimum atomic E-state index is -0.458. The van der Waals surface area contributed by atoms with Crippen LogP contribution in [0.25, 0.3) is 16.7 Å². The second kappa shape index (κ2) is 7.31. The standard InChI is InChI=1S/C21H18FN5O2/c1-13-6-7-17(8-14(13)2)27-20-18(10-24-27)21(29)26(12-23-20)11-19(28)25-16-5-3-4-15(22)9-16/h3-10,12H,11H2,1-2H3,(H,25,28). The van der Waals surface area contributed by atoms with Gasteiger partial charge in [-0.1, -0.05) is 12.1 Å². The maximum atomic E-state index is 13.2. The van der Waals surface area contributed by atoms with Crippen molar-refractivity contribution in [3.8, 4) is 5.69 Å². The first kappa shape index (κ1) is 18.5. The van der Waals surface area contributed by atoms with Gasteiger partial charge in [-0.3, -0.25) is 14.2 Å². The van der Waals surface area contributed by atoms with Crippen molar-refractivity contribution >= 4 is 22.6 Å². The number of carbonyl (C=O) groups excluding carboxylic acids is 1. The van der Waals surface area contributed by atoms with Crippen molar-refractivity contribution in [3.05, 3.63) is 82.3 Å². The molecule has 0 spiro atoms. The molecule has 0 bridgehead atoms. The van der Waals surface area contributed by atoms with Gasteiger partial charge in [0, 0.05) is 5.69 Å². The molecule has 1 N–H and O–H groups in total. The van der Waals surface area contributed by atoms with Crippen LogP contribution in [0.1, 0.15) is 11.1 Å². The number of anilines is 1. The van der Waals surface area contributed by atoms with Gasteiger partial charge in [-0.25, -0.2) is 14.1 Å². The largest absolute Gasteiger partial charge is 0.324 e. The molecule has 0 saturated carbocycles. The molecule has 2 aromatic heterocycles. The van der Waals surface area contributed by atoms with E-state index < -0.39 is 11.7 Å². The average Bonchev–Trinajstić information content (AvgIpc) is 3.11. The van der Waals surface area contributed by atoms with E-state index in [9.17, 15) is 14.0 Å². The van der Waals surface area contributed by atoms with Gasteiger partial charge in [0.25, 0.3) is 5.56 Å². The minimum absolute atomic E-state index is 0.243. The van der Waals surface area contributed by atoms with Crippen molar-refractivity contribution in [2.75, 3.05) is 5.32 Å². The average molecular weight is 391 g/mol. The van der Waals surface area contributed by atoms with Crippen LogP contribution in [0.2, 0.25) is 0 Å². The van der Waals surface area contributed by atoms with Crippen LogP contribution < -0.4 is 10.9 Å². The van der Waals surface area contributed by atoms with Crippen LogP contribution in [0.15, 0.2) is 59.8 Å².